The quantitative estimate of drug-likeness (QED) is 0.766. The number of aromatic nitrogens is 4. The van der Waals surface area contributed by atoms with E-state index in [1.54, 1.807) is 18.3 Å². The van der Waals surface area contributed by atoms with Crippen LogP contribution in [0, 0.1) is 13.8 Å². The number of aryl methyl sites for hydroxylation is 2. The van der Waals surface area contributed by atoms with Crippen molar-refractivity contribution in [3.05, 3.63) is 41.9 Å². The van der Waals surface area contributed by atoms with Crippen LogP contribution in [0.15, 0.2) is 35.0 Å². The number of nitrogen functional groups attached to an aromatic ring is 1. The van der Waals surface area contributed by atoms with Crippen molar-refractivity contribution in [1.82, 2.24) is 20.1 Å². The van der Waals surface area contributed by atoms with Gasteiger partial charge in [0.25, 0.3) is 5.89 Å². The SMILES string of the molecule is Cc1cc(-c2noc(-c3ncccc3N)n2)cc(C)n1. The molecule has 0 fully saturated rings. The molecule has 0 radical (unpaired) electrons. The summed E-state index contributed by atoms with van der Waals surface area (Å²) in [4.78, 5) is 12.8. The minimum atomic E-state index is 0.310. The lowest BCUT2D eigenvalue weighted by Gasteiger charge is -1.99. The van der Waals surface area contributed by atoms with Gasteiger partial charge in [-0.2, -0.15) is 4.98 Å². The topological polar surface area (TPSA) is 90.7 Å². The van der Waals surface area contributed by atoms with Gasteiger partial charge < -0.3 is 10.3 Å². The minimum absolute atomic E-state index is 0.310. The van der Waals surface area contributed by atoms with Gasteiger partial charge in [-0.3, -0.25) is 4.98 Å². The summed E-state index contributed by atoms with van der Waals surface area (Å²) in [6.07, 6.45) is 1.64. The van der Waals surface area contributed by atoms with Crippen LogP contribution in [0.1, 0.15) is 11.4 Å². The summed E-state index contributed by atoms with van der Waals surface area (Å²) in [6.45, 7) is 3.85. The number of anilines is 1. The monoisotopic (exact) mass is 267 g/mol. The van der Waals surface area contributed by atoms with E-state index < -0.39 is 0 Å². The average molecular weight is 267 g/mol. The molecule has 3 heterocycles. The molecule has 0 aliphatic carbocycles. The Morgan fingerprint density at radius 1 is 1.10 bits per heavy atom. The van der Waals surface area contributed by atoms with Crippen LogP contribution in [-0.4, -0.2) is 20.1 Å². The molecule has 0 saturated heterocycles. The third kappa shape index (κ3) is 2.23. The van der Waals surface area contributed by atoms with Crippen molar-refractivity contribution in [3.8, 4) is 23.0 Å². The molecule has 0 bridgehead atoms. The van der Waals surface area contributed by atoms with Crippen molar-refractivity contribution < 1.29 is 4.52 Å². The smallest absolute Gasteiger partial charge is 0.278 e. The normalized spacial score (nSPS) is 10.7. The first-order valence-electron chi connectivity index (χ1n) is 6.14. The Bertz CT molecular complexity index is 746. The summed E-state index contributed by atoms with van der Waals surface area (Å²) in [5.74, 6) is 0.809. The zero-order valence-corrected chi connectivity index (χ0v) is 11.2. The van der Waals surface area contributed by atoms with E-state index >= 15 is 0 Å². The minimum Gasteiger partial charge on any atom is -0.397 e. The van der Waals surface area contributed by atoms with Gasteiger partial charge in [0.1, 0.15) is 0 Å². The fourth-order valence-corrected chi connectivity index (χ4v) is 2.00. The summed E-state index contributed by atoms with van der Waals surface area (Å²) in [5.41, 5.74) is 9.52. The molecule has 6 nitrogen and oxygen atoms in total. The summed E-state index contributed by atoms with van der Waals surface area (Å²) < 4.78 is 5.24. The van der Waals surface area contributed by atoms with E-state index in [4.69, 9.17) is 10.3 Å². The van der Waals surface area contributed by atoms with Gasteiger partial charge in [0.15, 0.2) is 5.69 Å². The Kier molecular flexibility index (Phi) is 2.90. The fourth-order valence-electron chi connectivity index (χ4n) is 2.00. The summed E-state index contributed by atoms with van der Waals surface area (Å²) in [5, 5.41) is 3.98. The molecule has 0 spiro atoms. The van der Waals surface area contributed by atoms with Crippen LogP contribution in [0.2, 0.25) is 0 Å². The number of nitrogens with two attached hydrogens (primary N) is 1. The molecule has 0 aliphatic heterocycles. The third-order valence-corrected chi connectivity index (χ3v) is 2.81. The van der Waals surface area contributed by atoms with Crippen molar-refractivity contribution in [2.75, 3.05) is 5.73 Å². The van der Waals surface area contributed by atoms with Gasteiger partial charge in [-0.15, -0.1) is 0 Å². The predicted molar refractivity (Wildman–Crippen MR) is 74.6 cm³/mol. The van der Waals surface area contributed by atoms with Gasteiger partial charge in [0.05, 0.1) is 5.69 Å². The lowest BCUT2D eigenvalue weighted by atomic mass is 10.2. The van der Waals surface area contributed by atoms with Crippen LogP contribution in [0.3, 0.4) is 0 Å². The zero-order chi connectivity index (χ0) is 14.1. The molecule has 0 unspecified atom stereocenters. The first kappa shape index (κ1) is 12.3. The molecule has 0 amide bonds. The second-order valence-electron chi connectivity index (χ2n) is 4.50. The highest BCUT2D eigenvalue weighted by Crippen LogP contribution is 2.24. The molecule has 3 rings (SSSR count). The zero-order valence-electron chi connectivity index (χ0n) is 11.2. The Morgan fingerprint density at radius 2 is 1.85 bits per heavy atom. The largest absolute Gasteiger partial charge is 0.397 e. The van der Waals surface area contributed by atoms with Crippen LogP contribution < -0.4 is 5.73 Å². The van der Waals surface area contributed by atoms with E-state index in [0.717, 1.165) is 17.0 Å². The van der Waals surface area contributed by atoms with Gasteiger partial charge >= 0.3 is 0 Å². The van der Waals surface area contributed by atoms with E-state index in [-0.39, 0.29) is 0 Å². The Morgan fingerprint density at radius 3 is 2.55 bits per heavy atom. The summed E-state index contributed by atoms with van der Waals surface area (Å²) in [6, 6.07) is 7.31. The molecular weight excluding hydrogens is 254 g/mol. The van der Waals surface area contributed by atoms with Gasteiger partial charge in [0, 0.05) is 23.1 Å². The summed E-state index contributed by atoms with van der Waals surface area (Å²) in [7, 11) is 0. The number of hydrogen-bond donors (Lipinski definition) is 1. The Hall–Kier alpha value is -2.76. The highest BCUT2D eigenvalue weighted by molar-refractivity contribution is 5.67. The van der Waals surface area contributed by atoms with E-state index in [2.05, 4.69) is 20.1 Å². The molecule has 6 heteroatoms. The standard InChI is InChI=1S/C14H13N5O/c1-8-6-10(7-9(2)17-8)13-18-14(20-19-13)12-11(15)4-3-5-16-12/h3-7H,15H2,1-2H3. The lowest BCUT2D eigenvalue weighted by Crippen LogP contribution is -1.93. The van der Waals surface area contributed by atoms with Crippen LogP contribution in [-0.2, 0) is 0 Å². The number of pyridine rings is 2. The van der Waals surface area contributed by atoms with Crippen LogP contribution >= 0.6 is 0 Å². The number of rotatable bonds is 2. The maximum Gasteiger partial charge on any atom is 0.278 e. The Labute approximate surface area is 115 Å². The van der Waals surface area contributed by atoms with Gasteiger partial charge in [-0.1, -0.05) is 5.16 Å². The van der Waals surface area contributed by atoms with Crippen LogP contribution in [0.4, 0.5) is 5.69 Å². The number of nitrogens with zero attached hydrogens (tertiary/aromatic N) is 4. The van der Waals surface area contributed by atoms with Gasteiger partial charge in [-0.25, -0.2) is 4.98 Å². The Balaban J connectivity index is 2.04. The molecule has 0 saturated carbocycles. The molecule has 0 atom stereocenters. The molecule has 2 N–H and O–H groups in total. The average Bonchev–Trinajstić information content (AvgIpc) is 2.87. The first-order chi connectivity index (χ1) is 9.63. The third-order valence-electron chi connectivity index (χ3n) is 2.81. The van der Waals surface area contributed by atoms with E-state index in [1.165, 1.54) is 0 Å². The van der Waals surface area contributed by atoms with Crippen molar-refractivity contribution >= 4 is 5.69 Å². The van der Waals surface area contributed by atoms with E-state index in [1.807, 2.05) is 26.0 Å². The van der Waals surface area contributed by atoms with Gasteiger partial charge in [0.2, 0.25) is 5.82 Å². The van der Waals surface area contributed by atoms with Crippen molar-refractivity contribution in [1.29, 1.82) is 0 Å². The molecular formula is C14H13N5O. The molecule has 20 heavy (non-hydrogen) atoms. The van der Waals surface area contributed by atoms with Crippen LogP contribution in [0.5, 0.6) is 0 Å². The highest BCUT2D eigenvalue weighted by Gasteiger charge is 2.14. The molecule has 0 aliphatic rings. The van der Waals surface area contributed by atoms with E-state index in [9.17, 15) is 0 Å². The van der Waals surface area contributed by atoms with Crippen molar-refractivity contribution in [2.24, 2.45) is 0 Å². The molecule has 100 valence electrons. The predicted octanol–water partition coefficient (Wildman–Crippen LogP) is 2.39. The second-order valence-corrected chi connectivity index (χ2v) is 4.50. The summed E-state index contributed by atoms with van der Waals surface area (Å²) >= 11 is 0. The molecule has 0 aromatic carbocycles. The maximum atomic E-state index is 5.85. The van der Waals surface area contributed by atoms with Crippen molar-refractivity contribution in [3.63, 3.8) is 0 Å². The first-order valence-corrected chi connectivity index (χ1v) is 6.14. The number of hydrogen-bond acceptors (Lipinski definition) is 6. The highest BCUT2D eigenvalue weighted by atomic mass is 16.5. The van der Waals surface area contributed by atoms with E-state index in [0.29, 0.717) is 23.1 Å². The molecule has 3 aromatic rings. The van der Waals surface area contributed by atoms with Crippen molar-refractivity contribution in [2.45, 2.75) is 13.8 Å². The fraction of sp³-hybridized carbons (Fsp3) is 0.143. The maximum absolute atomic E-state index is 5.85. The lowest BCUT2D eigenvalue weighted by molar-refractivity contribution is 0.431. The second kappa shape index (κ2) is 4.73. The van der Waals surface area contributed by atoms with Crippen LogP contribution in [0.25, 0.3) is 23.0 Å². The molecule has 3 aromatic heterocycles. The van der Waals surface area contributed by atoms with Gasteiger partial charge in [-0.05, 0) is 38.1 Å².